The molecule has 2 fully saturated rings. The Bertz CT molecular complexity index is 907. The van der Waals surface area contributed by atoms with E-state index in [2.05, 4.69) is 0 Å². The molecule has 1 amide bonds. The van der Waals surface area contributed by atoms with E-state index in [9.17, 15) is 18.7 Å². The van der Waals surface area contributed by atoms with E-state index in [4.69, 9.17) is 9.47 Å². The number of piperidine rings is 2. The Morgan fingerprint density at radius 1 is 1.13 bits per heavy atom. The summed E-state index contributed by atoms with van der Waals surface area (Å²) in [5.74, 6) is -1.95. The van der Waals surface area contributed by atoms with Gasteiger partial charge in [0.2, 0.25) is 0 Å². The lowest BCUT2D eigenvalue weighted by Gasteiger charge is -2.51. The van der Waals surface area contributed by atoms with E-state index in [1.807, 2.05) is 30.3 Å². The maximum atomic E-state index is 14.0. The summed E-state index contributed by atoms with van der Waals surface area (Å²) in [6.45, 7) is 0.177. The van der Waals surface area contributed by atoms with Crippen LogP contribution in [0.5, 0.6) is 5.75 Å². The Labute approximate surface area is 174 Å². The standard InChI is InChI=1S/C23H25F2NO4/c1-29-21-11-20(25)19(24)10-18(21)23(28)12-16-8-5-9-17(13-23)26(16)22(27)30-14-15-6-3-2-4-7-15/h2-4,6-7,10-11,16-17,28H,5,8-9,12-14H2,1H3. The zero-order valence-corrected chi connectivity index (χ0v) is 16.8. The molecule has 2 atom stereocenters. The minimum atomic E-state index is -1.41. The summed E-state index contributed by atoms with van der Waals surface area (Å²) in [4.78, 5) is 14.6. The highest BCUT2D eigenvalue weighted by Gasteiger charge is 2.49. The Hall–Kier alpha value is -2.67. The second-order valence-corrected chi connectivity index (χ2v) is 8.09. The van der Waals surface area contributed by atoms with Gasteiger partial charge in [0, 0.05) is 36.6 Å². The summed E-state index contributed by atoms with van der Waals surface area (Å²) in [5, 5.41) is 11.4. The monoisotopic (exact) mass is 417 g/mol. The lowest BCUT2D eigenvalue weighted by molar-refractivity contribution is -0.0906. The second kappa shape index (κ2) is 8.22. The van der Waals surface area contributed by atoms with Gasteiger partial charge in [0.1, 0.15) is 12.4 Å². The van der Waals surface area contributed by atoms with Crippen LogP contribution in [-0.2, 0) is 16.9 Å². The fourth-order valence-corrected chi connectivity index (χ4v) is 4.80. The van der Waals surface area contributed by atoms with Crippen molar-refractivity contribution >= 4 is 6.09 Å². The van der Waals surface area contributed by atoms with Crippen LogP contribution >= 0.6 is 0 Å². The lowest BCUT2D eigenvalue weighted by Crippen LogP contribution is -2.59. The van der Waals surface area contributed by atoms with Crippen LogP contribution in [-0.4, -0.2) is 35.3 Å². The Morgan fingerprint density at radius 2 is 1.77 bits per heavy atom. The number of rotatable bonds is 4. The molecule has 0 radical (unpaired) electrons. The molecular weight excluding hydrogens is 392 g/mol. The molecule has 4 rings (SSSR count). The van der Waals surface area contributed by atoms with Gasteiger partial charge in [0.25, 0.3) is 0 Å². The Kier molecular flexibility index (Phi) is 5.64. The van der Waals surface area contributed by atoms with Crippen molar-refractivity contribution in [2.75, 3.05) is 7.11 Å². The van der Waals surface area contributed by atoms with Crippen LogP contribution in [0.3, 0.4) is 0 Å². The highest BCUT2D eigenvalue weighted by molar-refractivity contribution is 5.69. The highest BCUT2D eigenvalue weighted by atomic mass is 19.2. The van der Waals surface area contributed by atoms with Crippen molar-refractivity contribution in [2.24, 2.45) is 0 Å². The molecule has 30 heavy (non-hydrogen) atoms. The van der Waals surface area contributed by atoms with Crippen LogP contribution in [0.2, 0.25) is 0 Å². The molecule has 0 saturated carbocycles. The van der Waals surface area contributed by atoms with Crippen LogP contribution < -0.4 is 4.74 Å². The third kappa shape index (κ3) is 3.86. The summed E-state index contributed by atoms with van der Waals surface area (Å²) >= 11 is 0. The number of fused-ring (bicyclic) bond motifs is 2. The molecule has 160 valence electrons. The molecule has 2 heterocycles. The zero-order chi connectivity index (χ0) is 21.3. The first-order valence-electron chi connectivity index (χ1n) is 10.2. The molecule has 5 nitrogen and oxygen atoms in total. The number of carbonyl (C=O) groups excluding carboxylic acids is 1. The first kappa shape index (κ1) is 20.6. The van der Waals surface area contributed by atoms with Gasteiger partial charge < -0.3 is 19.5 Å². The van der Waals surface area contributed by atoms with Gasteiger partial charge in [-0.1, -0.05) is 30.3 Å². The molecule has 0 spiro atoms. The van der Waals surface area contributed by atoms with Gasteiger partial charge in [-0.25, -0.2) is 13.6 Å². The molecule has 0 aromatic heterocycles. The topological polar surface area (TPSA) is 59.0 Å². The smallest absolute Gasteiger partial charge is 0.410 e. The maximum absolute atomic E-state index is 14.0. The Balaban J connectivity index is 1.55. The summed E-state index contributed by atoms with van der Waals surface area (Å²) in [5.41, 5.74) is -0.291. The first-order chi connectivity index (χ1) is 14.4. The number of aliphatic hydroxyl groups is 1. The van der Waals surface area contributed by atoms with Crippen molar-refractivity contribution in [3.63, 3.8) is 0 Å². The van der Waals surface area contributed by atoms with Crippen LogP contribution in [0.4, 0.5) is 13.6 Å². The van der Waals surface area contributed by atoms with E-state index < -0.39 is 23.3 Å². The number of nitrogens with zero attached hydrogens (tertiary/aromatic N) is 1. The molecule has 2 aliphatic heterocycles. The molecule has 1 N–H and O–H groups in total. The van der Waals surface area contributed by atoms with Crippen molar-refractivity contribution in [3.05, 3.63) is 65.2 Å². The largest absolute Gasteiger partial charge is 0.496 e. The number of amides is 1. The zero-order valence-electron chi connectivity index (χ0n) is 16.8. The number of halogens is 2. The average molecular weight is 417 g/mol. The first-order valence-corrected chi connectivity index (χ1v) is 10.2. The van der Waals surface area contributed by atoms with E-state index in [-0.39, 0.29) is 42.8 Å². The normalized spacial score (nSPS) is 25.7. The van der Waals surface area contributed by atoms with Crippen molar-refractivity contribution in [2.45, 2.75) is 56.4 Å². The molecule has 2 aliphatic rings. The molecule has 2 bridgehead atoms. The lowest BCUT2D eigenvalue weighted by atomic mass is 9.72. The quantitative estimate of drug-likeness (QED) is 0.795. The SMILES string of the molecule is COc1cc(F)c(F)cc1C1(O)CC2CCCC(C1)N2C(=O)OCc1ccccc1. The van der Waals surface area contributed by atoms with Gasteiger partial charge in [-0.05, 0) is 30.9 Å². The van der Waals surface area contributed by atoms with Gasteiger partial charge >= 0.3 is 6.09 Å². The van der Waals surface area contributed by atoms with Crippen LogP contribution in [0.15, 0.2) is 42.5 Å². The second-order valence-electron chi connectivity index (χ2n) is 8.09. The van der Waals surface area contributed by atoms with Gasteiger partial charge in [-0.15, -0.1) is 0 Å². The fourth-order valence-electron chi connectivity index (χ4n) is 4.80. The van der Waals surface area contributed by atoms with Crippen LogP contribution in [0.1, 0.15) is 43.2 Å². The maximum Gasteiger partial charge on any atom is 0.410 e. The van der Waals surface area contributed by atoms with Crippen molar-refractivity contribution in [3.8, 4) is 5.75 Å². The number of hydrogen-bond donors (Lipinski definition) is 1. The summed E-state index contributed by atoms with van der Waals surface area (Å²) < 4.78 is 38.3. The molecule has 2 unspecified atom stereocenters. The van der Waals surface area contributed by atoms with E-state index in [0.29, 0.717) is 12.8 Å². The van der Waals surface area contributed by atoms with Crippen LogP contribution in [0.25, 0.3) is 0 Å². The summed E-state index contributed by atoms with van der Waals surface area (Å²) in [6.07, 6.45) is 2.38. The van der Waals surface area contributed by atoms with E-state index >= 15 is 0 Å². The minimum absolute atomic E-state index is 0.106. The van der Waals surface area contributed by atoms with Gasteiger partial charge in [0.15, 0.2) is 11.6 Å². The van der Waals surface area contributed by atoms with Gasteiger partial charge in [-0.2, -0.15) is 0 Å². The third-order valence-corrected chi connectivity index (χ3v) is 6.17. The van der Waals surface area contributed by atoms with Crippen molar-refractivity contribution in [1.82, 2.24) is 4.90 Å². The number of ether oxygens (including phenoxy) is 2. The average Bonchev–Trinajstić information content (AvgIpc) is 2.73. The predicted molar refractivity (Wildman–Crippen MR) is 106 cm³/mol. The molecule has 2 aromatic rings. The van der Waals surface area contributed by atoms with E-state index in [1.165, 1.54) is 7.11 Å². The number of methoxy groups -OCH3 is 1. The van der Waals surface area contributed by atoms with Gasteiger partial charge in [-0.3, -0.25) is 0 Å². The number of benzene rings is 2. The number of hydrogen-bond acceptors (Lipinski definition) is 4. The van der Waals surface area contributed by atoms with Crippen LogP contribution in [0, 0.1) is 11.6 Å². The Morgan fingerprint density at radius 3 is 2.40 bits per heavy atom. The summed E-state index contributed by atoms with van der Waals surface area (Å²) in [7, 11) is 1.36. The van der Waals surface area contributed by atoms with Crippen molar-refractivity contribution in [1.29, 1.82) is 0 Å². The molecule has 7 heteroatoms. The predicted octanol–water partition coefficient (Wildman–Crippen LogP) is 4.51. The highest BCUT2D eigenvalue weighted by Crippen LogP contribution is 2.47. The third-order valence-electron chi connectivity index (χ3n) is 6.17. The summed E-state index contributed by atoms with van der Waals surface area (Å²) in [6, 6.07) is 10.9. The molecule has 2 aromatic carbocycles. The fraction of sp³-hybridized carbons (Fsp3) is 0.435. The van der Waals surface area contributed by atoms with Gasteiger partial charge in [0.05, 0.1) is 12.7 Å². The number of carbonyl (C=O) groups is 1. The molecular formula is C23H25F2NO4. The molecule has 2 saturated heterocycles. The van der Waals surface area contributed by atoms with E-state index in [0.717, 1.165) is 24.1 Å². The van der Waals surface area contributed by atoms with E-state index in [1.54, 1.807) is 4.90 Å². The van der Waals surface area contributed by atoms with Crippen molar-refractivity contribution < 1.29 is 28.2 Å². The molecule has 0 aliphatic carbocycles. The minimum Gasteiger partial charge on any atom is -0.496 e.